The molecule has 0 spiro atoms. The molecule has 1 atom stereocenters. The van der Waals surface area contributed by atoms with Gasteiger partial charge >= 0.3 is 0 Å². The van der Waals surface area contributed by atoms with Crippen LogP contribution in [0.25, 0.3) is 0 Å². The maximum absolute atomic E-state index is 5.55. The molecule has 0 aliphatic rings. The lowest BCUT2D eigenvalue weighted by molar-refractivity contribution is 0.802. The summed E-state index contributed by atoms with van der Waals surface area (Å²) in [5.74, 6) is 0.938. The zero-order valence-corrected chi connectivity index (χ0v) is 8.99. The smallest absolute Gasteiger partial charge is 0.151 e. The maximum atomic E-state index is 5.55. The first-order valence-corrected chi connectivity index (χ1v) is 4.74. The molecule has 1 aromatic heterocycles. The van der Waals surface area contributed by atoms with Gasteiger partial charge in [-0.25, -0.2) is 4.98 Å². The second-order valence-electron chi connectivity index (χ2n) is 3.55. The van der Waals surface area contributed by atoms with Gasteiger partial charge in [-0.05, 0) is 19.1 Å². The Labute approximate surface area is 85.1 Å². The van der Waals surface area contributed by atoms with Crippen LogP contribution in [0.1, 0.15) is 6.92 Å². The number of anilines is 2. The van der Waals surface area contributed by atoms with Crippen LogP contribution in [-0.2, 0) is 0 Å². The van der Waals surface area contributed by atoms with Crippen LogP contribution in [0, 0.1) is 0 Å². The molecule has 4 nitrogen and oxygen atoms in total. The van der Waals surface area contributed by atoms with Crippen molar-refractivity contribution in [3.8, 4) is 0 Å². The average Bonchev–Trinajstić information content (AvgIpc) is 2.18. The number of hydrogen-bond acceptors (Lipinski definition) is 4. The molecule has 0 aromatic carbocycles. The van der Waals surface area contributed by atoms with E-state index in [0.717, 1.165) is 11.5 Å². The third kappa shape index (κ3) is 2.60. The number of hydrogen-bond donors (Lipinski definition) is 2. The highest BCUT2D eigenvalue weighted by Gasteiger charge is 2.06. The monoisotopic (exact) mass is 194 g/mol. The summed E-state index contributed by atoms with van der Waals surface area (Å²) in [4.78, 5) is 6.27. The van der Waals surface area contributed by atoms with E-state index in [1.807, 2.05) is 38.1 Å². The minimum atomic E-state index is 0.262. The first-order chi connectivity index (χ1) is 6.65. The van der Waals surface area contributed by atoms with E-state index in [9.17, 15) is 0 Å². The summed E-state index contributed by atoms with van der Waals surface area (Å²) in [5, 5.41) is 3.31. The van der Waals surface area contributed by atoms with Crippen molar-refractivity contribution < 1.29 is 0 Å². The van der Waals surface area contributed by atoms with E-state index in [4.69, 9.17) is 5.73 Å². The van der Waals surface area contributed by atoms with Gasteiger partial charge in [0.25, 0.3) is 0 Å². The highest BCUT2D eigenvalue weighted by atomic mass is 15.2. The highest BCUT2D eigenvalue weighted by Crippen LogP contribution is 2.20. The molecule has 1 rings (SSSR count). The van der Waals surface area contributed by atoms with Crippen molar-refractivity contribution in [3.63, 3.8) is 0 Å². The van der Waals surface area contributed by atoms with Gasteiger partial charge in [0.2, 0.25) is 0 Å². The Kier molecular flexibility index (Phi) is 3.71. The second kappa shape index (κ2) is 4.81. The predicted molar refractivity (Wildman–Crippen MR) is 60.7 cm³/mol. The van der Waals surface area contributed by atoms with Gasteiger partial charge in [-0.2, -0.15) is 0 Å². The van der Waals surface area contributed by atoms with Gasteiger partial charge in [0, 0.05) is 32.9 Å². The first kappa shape index (κ1) is 10.8. The number of nitrogens with two attached hydrogens (primary N) is 1. The lowest BCUT2D eigenvalue weighted by Crippen LogP contribution is -2.26. The largest absolute Gasteiger partial charge is 0.378 e. The highest BCUT2D eigenvalue weighted by molar-refractivity contribution is 5.65. The Morgan fingerprint density at radius 3 is 2.86 bits per heavy atom. The lowest BCUT2D eigenvalue weighted by Gasteiger charge is -2.19. The van der Waals surface area contributed by atoms with E-state index >= 15 is 0 Å². The average molecular weight is 194 g/mol. The molecular weight excluding hydrogens is 176 g/mol. The standard InChI is InChI=1S/C10H18N4/c1-8(7-11)13-9-5-4-6-12-10(9)14(2)3/h4-6,8,13H,7,11H2,1-3H3. The molecule has 1 heterocycles. The molecule has 14 heavy (non-hydrogen) atoms. The molecule has 78 valence electrons. The summed E-state index contributed by atoms with van der Waals surface area (Å²) in [6.07, 6.45) is 1.79. The molecule has 0 aliphatic heterocycles. The molecule has 0 aliphatic carbocycles. The van der Waals surface area contributed by atoms with E-state index in [2.05, 4.69) is 10.3 Å². The third-order valence-corrected chi connectivity index (χ3v) is 1.97. The van der Waals surface area contributed by atoms with Gasteiger partial charge in [0.1, 0.15) is 0 Å². The van der Waals surface area contributed by atoms with Crippen molar-refractivity contribution >= 4 is 11.5 Å². The second-order valence-corrected chi connectivity index (χ2v) is 3.55. The molecule has 0 saturated carbocycles. The minimum absolute atomic E-state index is 0.262. The van der Waals surface area contributed by atoms with Crippen LogP contribution in [0.5, 0.6) is 0 Å². The fourth-order valence-electron chi connectivity index (χ4n) is 1.19. The van der Waals surface area contributed by atoms with E-state index in [1.54, 1.807) is 6.20 Å². The summed E-state index contributed by atoms with van der Waals surface area (Å²) in [5.41, 5.74) is 6.57. The molecule has 1 aromatic rings. The Balaban J connectivity index is 2.84. The van der Waals surface area contributed by atoms with Gasteiger partial charge in [-0.15, -0.1) is 0 Å². The molecule has 1 unspecified atom stereocenters. The lowest BCUT2D eigenvalue weighted by atomic mass is 10.3. The normalized spacial score (nSPS) is 12.3. The number of rotatable bonds is 4. The van der Waals surface area contributed by atoms with Crippen molar-refractivity contribution in [2.45, 2.75) is 13.0 Å². The zero-order chi connectivity index (χ0) is 10.6. The molecule has 4 heteroatoms. The molecule has 0 amide bonds. The molecular formula is C10H18N4. The topological polar surface area (TPSA) is 54.2 Å². The summed E-state index contributed by atoms with van der Waals surface area (Å²) in [6.45, 7) is 2.66. The fourth-order valence-corrected chi connectivity index (χ4v) is 1.19. The van der Waals surface area contributed by atoms with Crippen LogP contribution in [0.15, 0.2) is 18.3 Å². The van der Waals surface area contributed by atoms with Crippen molar-refractivity contribution in [2.24, 2.45) is 5.73 Å². The van der Waals surface area contributed by atoms with E-state index in [0.29, 0.717) is 6.54 Å². The van der Waals surface area contributed by atoms with Gasteiger partial charge in [0.15, 0.2) is 5.82 Å². The molecule has 0 bridgehead atoms. The Hall–Kier alpha value is -1.29. The minimum Gasteiger partial charge on any atom is -0.378 e. The van der Waals surface area contributed by atoms with Crippen LogP contribution in [-0.4, -0.2) is 31.7 Å². The molecule has 0 saturated heterocycles. The van der Waals surface area contributed by atoms with Gasteiger partial charge in [0.05, 0.1) is 5.69 Å². The number of nitrogens with zero attached hydrogens (tertiary/aromatic N) is 2. The summed E-state index contributed by atoms with van der Waals surface area (Å²) >= 11 is 0. The van der Waals surface area contributed by atoms with E-state index in [1.165, 1.54) is 0 Å². The van der Waals surface area contributed by atoms with Gasteiger partial charge in [-0.3, -0.25) is 0 Å². The van der Waals surface area contributed by atoms with Crippen molar-refractivity contribution in [1.29, 1.82) is 0 Å². The van der Waals surface area contributed by atoms with Gasteiger partial charge in [-0.1, -0.05) is 0 Å². The van der Waals surface area contributed by atoms with Crippen LogP contribution >= 0.6 is 0 Å². The summed E-state index contributed by atoms with van der Waals surface area (Å²) in [7, 11) is 3.95. The SMILES string of the molecule is CC(CN)Nc1cccnc1N(C)C. The maximum Gasteiger partial charge on any atom is 0.151 e. The van der Waals surface area contributed by atoms with Crippen molar-refractivity contribution in [1.82, 2.24) is 4.98 Å². The Morgan fingerprint density at radius 2 is 2.29 bits per heavy atom. The van der Waals surface area contributed by atoms with Crippen molar-refractivity contribution in [2.75, 3.05) is 30.9 Å². The van der Waals surface area contributed by atoms with Crippen LogP contribution in [0.4, 0.5) is 11.5 Å². The number of aromatic nitrogens is 1. The molecule has 3 N–H and O–H groups in total. The number of nitrogens with one attached hydrogen (secondary N) is 1. The molecule has 0 fully saturated rings. The zero-order valence-electron chi connectivity index (χ0n) is 8.99. The Morgan fingerprint density at radius 1 is 1.57 bits per heavy atom. The first-order valence-electron chi connectivity index (χ1n) is 4.74. The quantitative estimate of drug-likeness (QED) is 0.748. The van der Waals surface area contributed by atoms with Crippen molar-refractivity contribution in [3.05, 3.63) is 18.3 Å². The fraction of sp³-hybridized carbons (Fsp3) is 0.500. The third-order valence-electron chi connectivity index (χ3n) is 1.97. The summed E-state index contributed by atoms with van der Waals surface area (Å²) < 4.78 is 0. The molecule has 0 radical (unpaired) electrons. The summed E-state index contributed by atoms with van der Waals surface area (Å²) in [6, 6.07) is 4.19. The van der Waals surface area contributed by atoms with Gasteiger partial charge < -0.3 is 16.0 Å². The van der Waals surface area contributed by atoms with Crippen LogP contribution in [0.3, 0.4) is 0 Å². The number of pyridine rings is 1. The van der Waals surface area contributed by atoms with Crippen LogP contribution < -0.4 is 16.0 Å². The van der Waals surface area contributed by atoms with E-state index < -0.39 is 0 Å². The Bertz CT molecular complexity index is 285. The van der Waals surface area contributed by atoms with Crippen LogP contribution in [0.2, 0.25) is 0 Å². The predicted octanol–water partition coefficient (Wildman–Crippen LogP) is 0.907. The van der Waals surface area contributed by atoms with E-state index in [-0.39, 0.29) is 6.04 Å².